The minimum Gasteiger partial charge on any atom is -0.493 e. The molecular weight excluding hydrogens is 309 g/mol. The van der Waals surface area contributed by atoms with Crippen LogP contribution in [0.15, 0.2) is 42.5 Å². The Balaban J connectivity index is 1.69. The van der Waals surface area contributed by atoms with Crippen LogP contribution in [0.4, 0.5) is 4.39 Å². The Hall–Kier alpha value is -2.40. The molecule has 0 aromatic heterocycles. The Morgan fingerprint density at radius 3 is 2.79 bits per heavy atom. The number of carbonyl (C=O) groups excluding carboxylic acids is 1. The second-order valence-corrected chi connectivity index (χ2v) is 5.58. The average molecular weight is 331 g/mol. The number of para-hydroxylation sites is 1. The van der Waals surface area contributed by atoms with Crippen LogP contribution in [0.1, 0.15) is 29.5 Å². The van der Waals surface area contributed by atoms with E-state index < -0.39 is 5.82 Å². The fourth-order valence-corrected chi connectivity index (χ4v) is 2.28. The highest BCUT2D eigenvalue weighted by Crippen LogP contribution is 2.16. The predicted octanol–water partition coefficient (Wildman–Crippen LogP) is 3.10. The molecule has 0 bridgehead atoms. The van der Waals surface area contributed by atoms with Crippen LogP contribution < -0.4 is 10.1 Å². The summed E-state index contributed by atoms with van der Waals surface area (Å²) >= 11 is 0. The standard InChI is InChI=1S/C19H22FNO3/c1-14-5-2-3-6-18(14)24-10-4-7-19(23)21-12-15-8-9-17(20)16(11-15)13-22/h2-3,5-6,8-9,11,22H,4,7,10,12-13H2,1H3,(H,21,23). The van der Waals surface area contributed by atoms with Crippen molar-refractivity contribution in [3.05, 3.63) is 65.0 Å². The van der Waals surface area contributed by atoms with Crippen molar-refractivity contribution >= 4 is 5.91 Å². The smallest absolute Gasteiger partial charge is 0.220 e. The number of halogens is 1. The quantitative estimate of drug-likeness (QED) is 0.731. The molecule has 2 rings (SSSR count). The van der Waals surface area contributed by atoms with Crippen molar-refractivity contribution in [2.45, 2.75) is 32.9 Å². The van der Waals surface area contributed by atoms with Crippen LogP contribution in [0.2, 0.25) is 0 Å². The zero-order chi connectivity index (χ0) is 17.4. The number of aliphatic hydroxyl groups excluding tert-OH is 1. The molecule has 0 aliphatic rings. The number of amides is 1. The van der Waals surface area contributed by atoms with Crippen LogP contribution in [-0.2, 0) is 17.9 Å². The van der Waals surface area contributed by atoms with Gasteiger partial charge in [0.1, 0.15) is 11.6 Å². The SMILES string of the molecule is Cc1ccccc1OCCCC(=O)NCc1ccc(F)c(CO)c1. The van der Waals surface area contributed by atoms with Gasteiger partial charge in [0.2, 0.25) is 5.91 Å². The first-order chi connectivity index (χ1) is 11.6. The van der Waals surface area contributed by atoms with Crippen LogP contribution in [0.5, 0.6) is 5.75 Å². The average Bonchev–Trinajstić information content (AvgIpc) is 2.59. The molecule has 4 nitrogen and oxygen atoms in total. The third-order valence-electron chi connectivity index (χ3n) is 3.67. The van der Waals surface area contributed by atoms with Gasteiger partial charge in [-0.15, -0.1) is 0 Å². The number of hydrogen-bond donors (Lipinski definition) is 2. The van der Waals surface area contributed by atoms with E-state index in [0.717, 1.165) is 16.9 Å². The molecule has 2 N–H and O–H groups in total. The van der Waals surface area contributed by atoms with Crippen molar-refractivity contribution in [1.29, 1.82) is 0 Å². The molecule has 0 unspecified atom stereocenters. The van der Waals surface area contributed by atoms with Gasteiger partial charge in [-0.05, 0) is 42.7 Å². The van der Waals surface area contributed by atoms with E-state index in [1.807, 2.05) is 31.2 Å². The molecule has 24 heavy (non-hydrogen) atoms. The number of nitrogens with one attached hydrogen (secondary N) is 1. The van der Waals surface area contributed by atoms with Crippen molar-refractivity contribution < 1.29 is 19.0 Å². The summed E-state index contributed by atoms with van der Waals surface area (Å²) in [7, 11) is 0. The summed E-state index contributed by atoms with van der Waals surface area (Å²) in [5, 5.41) is 11.8. The summed E-state index contributed by atoms with van der Waals surface area (Å²) in [6.07, 6.45) is 0.978. The Morgan fingerprint density at radius 2 is 2.04 bits per heavy atom. The minimum atomic E-state index is -0.444. The van der Waals surface area contributed by atoms with Crippen molar-refractivity contribution in [2.75, 3.05) is 6.61 Å². The zero-order valence-electron chi connectivity index (χ0n) is 13.7. The van der Waals surface area contributed by atoms with Gasteiger partial charge in [-0.25, -0.2) is 4.39 Å². The van der Waals surface area contributed by atoms with Gasteiger partial charge in [-0.2, -0.15) is 0 Å². The molecule has 0 fully saturated rings. The summed E-state index contributed by atoms with van der Waals surface area (Å²) < 4.78 is 18.9. The Labute approximate surface area is 141 Å². The highest BCUT2D eigenvalue weighted by atomic mass is 19.1. The number of rotatable bonds is 8. The van der Waals surface area contributed by atoms with Crippen molar-refractivity contribution in [1.82, 2.24) is 5.32 Å². The van der Waals surface area contributed by atoms with Crippen LogP contribution in [0, 0.1) is 12.7 Å². The summed E-state index contributed by atoms with van der Waals surface area (Å²) in [4.78, 5) is 11.8. The lowest BCUT2D eigenvalue weighted by molar-refractivity contribution is -0.121. The van der Waals surface area contributed by atoms with Crippen LogP contribution >= 0.6 is 0 Å². The maximum absolute atomic E-state index is 13.3. The molecule has 0 aliphatic heterocycles. The maximum Gasteiger partial charge on any atom is 0.220 e. The number of benzene rings is 2. The molecule has 2 aromatic rings. The van der Waals surface area contributed by atoms with Crippen molar-refractivity contribution in [3.63, 3.8) is 0 Å². The van der Waals surface area contributed by atoms with Crippen LogP contribution in [0.25, 0.3) is 0 Å². The summed E-state index contributed by atoms with van der Waals surface area (Å²) in [6.45, 7) is 2.41. The van der Waals surface area contributed by atoms with Gasteiger partial charge in [0.15, 0.2) is 0 Å². The lowest BCUT2D eigenvalue weighted by Gasteiger charge is -2.09. The zero-order valence-corrected chi connectivity index (χ0v) is 13.7. The number of ether oxygens (including phenoxy) is 1. The third-order valence-corrected chi connectivity index (χ3v) is 3.67. The van der Waals surface area contributed by atoms with Crippen LogP contribution in [0.3, 0.4) is 0 Å². The van der Waals surface area contributed by atoms with Gasteiger partial charge < -0.3 is 15.2 Å². The van der Waals surface area contributed by atoms with E-state index in [2.05, 4.69) is 5.32 Å². The highest BCUT2D eigenvalue weighted by Gasteiger charge is 2.05. The van der Waals surface area contributed by atoms with E-state index in [1.165, 1.54) is 6.07 Å². The van der Waals surface area contributed by atoms with E-state index in [1.54, 1.807) is 12.1 Å². The highest BCUT2D eigenvalue weighted by molar-refractivity contribution is 5.75. The molecule has 0 radical (unpaired) electrons. The molecule has 1 amide bonds. The predicted molar refractivity (Wildman–Crippen MR) is 90.1 cm³/mol. The maximum atomic E-state index is 13.3. The number of carbonyl (C=O) groups is 1. The number of aryl methyl sites for hydroxylation is 1. The molecule has 0 spiro atoms. The second kappa shape index (κ2) is 9.03. The molecule has 2 aromatic carbocycles. The van der Waals surface area contributed by atoms with Crippen molar-refractivity contribution in [2.24, 2.45) is 0 Å². The van der Waals surface area contributed by atoms with E-state index in [9.17, 15) is 9.18 Å². The second-order valence-electron chi connectivity index (χ2n) is 5.58. The minimum absolute atomic E-state index is 0.0849. The Morgan fingerprint density at radius 1 is 1.25 bits per heavy atom. The van der Waals surface area contributed by atoms with Crippen LogP contribution in [-0.4, -0.2) is 17.6 Å². The first-order valence-electron chi connectivity index (χ1n) is 7.93. The molecule has 128 valence electrons. The summed E-state index contributed by atoms with van der Waals surface area (Å²) in [6, 6.07) is 12.2. The molecule has 0 heterocycles. The molecular formula is C19H22FNO3. The summed E-state index contributed by atoms with van der Waals surface area (Å²) in [5.74, 6) is 0.306. The van der Waals surface area contributed by atoms with Crippen molar-refractivity contribution in [3.8, 4) is 5.75 Å². The molecule has 5 heteroatoms. The number of aliphatic hydroxyl groups is 1. The molecule has 0 saturated carbocycles. The largest absolute Gasteiger partial charge is 0.493 e. The van der Waals surface area contributed by atoms with Gasteiger partial charge in [-0.3, -0.25) is 4.79 Å². The molecule has 0 saturated heterocycles. The third kappa shape index (κ3) is 5.35. The first kappa shape index (κ1) is 17.9. The van der Waals surface area contributed by atoms with E-state index in [-0.39, 0.29) is 18.1 Å². The lowest BCUT2D eigenvalue weighted by Crippen LogP contribution is -2.23. The van der Waals surface area contributed by atoms with E-state index >= 15 is 0 Å². The van der Waals surface area contributed by atoms with E-state index in [4.69, 9.17) is 9.84 Å². The Bertz CT molecular complexity index is 688. The Kier molecular flexibility index (Phi) is 6.75. The van der Waals surface area contributed by atoms with Gasteiger partial charge in [0, 0.05) is 18.5 Å². The van der Waals surface area contributed by atoms with Gasteiger partial charge in [-0.1, -0.05) is 24.3 Å². The van der Waals surface area contributed by atoms with E-state index in [0.29, 0.717) is 26.0 Å². The fourth-order valence-electron chi connectivity index (χ4n) is 2.28. The van der Waals surface area contributed by atoms with Gasteiger partial charge in [0.05, 0.1) is 13.2 Å². The first-order valence-corrected chi connectivity index (χ1v) is 7.93. The molecule has 0 atom stereocenters. The fraction of sp³-hybridized carbons (Fsp3) is 0.316. The van der Waals surface area contributed by atoms with Gasteiger partial charge >= 0.3 is 0 Å². The monoisotopic (exact) mass is 331 g/mol. The number of hydrogen-bond acceptors (Lipinski definition) is 3. The molecule has 0 aliphatic carbocycles. The lowest BCUT2D eigenvalue weighted by atomic mass is 10.1. The normalized spacial score (nSPS) is 10.5. The topological polar surface area (TPSA) is 58.6 Å². The van der Waals surface area contributed by atoms with Gasteiger partial charge in [0.25, 0.3) is 0 Å². The summed E-state index contributed by atoms with van der Waals surface area (Å²) in [5.41, 5.74) is 2.05.